The molecular weight excluding hydrogens is 424 g/mol. The Bertz CT molecular complexity index is 1210. The van der Waals surface area contributed by atoms with Crippen LogP contribution in [-0.4, -0.2) is 51.4 Å². The maximum atomic E-state index is 11.8. The van der Waals surface area contributed by atoms with Crippen molar-refractivity contribution in [1.29, 1.82) is 0 Å². The summed E-state index contributed by atoms with van der Waals surface area (Å²) in [4.78, 5) is 24.9. The highest BCUT2D eigenvalue weighted by Gasteiger charge is 2.25. The van der Waals surface area contributed by atoms with Gasteiger partial charge in [-0.15, -0.1) is 0 Å². The van der Waals surface area contributed by atoms with Crippen LogP contribution in [0, 0.1) is 0 Å². The van der Waals surface area contributed by atoms with Crippen molar-refractivity contribution in [3.8, 4) is 10.9 Å². The zero-order valence-electron chi connectivity index (χ0n) is 18.3. The van der Waals surface area contributed by atoms with Gasteiger partial charge in [-0.2, -0.15) is 4.98 Å². The van der Waals surface area contributed by atoms with E-state index >= 15 is 0 Å². The topological polar surface area (TPSA) is 71.7 Å². The van der Waals surface area contributed by atoms with Crippen LogP contribution in [-0.2, 0) is 11.3 Å². The first-order valence-electron chi connectivity index (χ1n) is 11.0. The summed E-state index contributed by atoms with van der Waals surface area (Å²) in [5, 5.41) is 1.67. The van der Waals surface area contributed by atoms with Gasteiger partial charge in [0.15, 0.2) is 5.65 Å². The number of carbonyl (C=O) groups excluding carboxylic acids is 1. The first-order chi connectivity index (χ1) is 15.6. The van der Waals surface area contributed by atoms with Crippen LogP contribution in [0.25, 0.3) is 21.3 Å². The first kappa shape index (κ1) is 20.9. The van der Waals surface area contributed by atoms with E-state index in [0.29, 0.717) is 22.6 Å². The zero-order valence-corrected chi connectivity index (χ0v) is 19.1. The number of hydrogen-bond acceptors (Lipinski definition) is 7. The molecule has 0 N–H and O–H groups in total. The minimum atomic E-state index is 0.173. The molecule has 1 fully saturated rings. The average molecular weight is 451 g/mol. The van der Waals surface area contributed by atoms with E-state index in [1.165, 1.54) is 16.9 Å². The fraction of sp³-hybridized carbons (Fsp3) is 0.375. The molecule has 5 rings (SSSR count). The monoisotopic (exact) mass is 450 g/mol. The van der Waals surface area contributed by atoms with Crippen molar-refractivity contribution in [3.05, 3.63) is 48.4 Å². The Kier molecular flexibility index (Phi) is 5.80. The third-order valence-corrected chi connectivity index (χ3v) is 7.00. The van der Waals surface area contributed by atoms with Crippen LogP contribution in [0.2, 0.25) is 0 Å². The van der Waals surface area contributed by atoms with Gasteiger partial charge in [0.2, 0.25) is 5.91 Å². The van der Waals surface area contributed by atoms with Gasteiger partial charge < -0.3 is 14.1 Å². The van der Waals surface area contributed by atoms with Crippen LogP contribution in [0.1, 0.15) is 32.3 Å². The van der Waals surface area contributed by atoms with Gasteiger partial charge in [0.05, 0.1) is 11.0 Å². The molecule has 0 unspecified atom stereocenters. The molecule has 1 amide bonds. The number of ether oxygens (including phenoxy) is 1. The molecule has 0 atom stereocenters. The predicted octanol–water partition coefficient (Wildman–Crippen LogP) is 5.06. The standard InChI is InChI=1S/C24H26N4O3S/c1-3-28(16(2)29)18-8-11-27(12-9-18)14-17-15-30-21-13-19(6-7-20(17)21)31-24-26-23-22(32-24)5-4-10-25-23/h4-7,10,13,15,18H,3,8-9,11-12,14H2,1-2H3. The molecule has 0 radical (unpaired) electrons. The van der Waals surface area contributed by atoms with E-state index in [1.807, 2.05) is 35.4 Å². The normalized spacial score (nSPS) is 15.4. The number of furan rings is 1. The number of aromatic nitrogens is 2. The van der Waals surface area contributed by atoms with Gasteiger partial charge in [-0.3, -0.25) is 9.69 Å². The second kappa shape index (κ2) is 8.88. The van der Waals surface area contributed by atoms with Gasteiger partial charge in [-0.1, -0.05) is 11.3 Å². The third-order valence-electron chi connectivity index (χ3n) is 6.11. The van der Waals surface area contributed by atoms with E-state index in [0.717, 1.165) is 54.7 Å². The summed E-state index contributed by atoms with van der Waals surface area (Å²) in [6.45, 7) is 7.30. The number of likely N-dealkylation sites (tertiary alicyclic amines) is 1. The second-order valence-corrected chi connectivity index (χ2v) is 9.13. The largest absolute Gasteiger partial charge is 0.464 e. The molecule has 1 saturated heterocycles. The first-order valence-corrected chi connectivity index (χ1v) is 11.8. The van der Waals surface area contributed by atoms with Crippen LogP contribution >= 0.6 is 11.3 Å². The van der Waals surface area contributed by atoms with Crippen molar-refractivity contribution in [1.82, 2.24) is 19.8 Å². The average Bonchev–Trinajstić information content (AvgIpc) is 3.38. The van der Waals surface area contributed by atoms with Crippen molar-refractivity contribution in [3.63, 3.8) is 0 Å². The summed E-state index contributed by atoms with van der Waals surface area (Å²) in [5.74, 6) is 0.870. The summed E-state index contributed by atoms with van der Waals surface area (Å²) in [7, 11) is 0. The quantitative estimate of drug-likeness (QED) is 0.409. The fourth-order valence-electron chi connectivity index (χ4n) is 4.51. The van der Waals surface area contributed by atoms with E-state index in [9.17, 15) is 4.79 Å². The molecule has 0 saturated carbocycles. The van der Waals surface area contributed by atoms with Crippen LogP contribution in [0.4, 0.5) is 0 Å². The van der Waals surface area contributed by atoms with Crippen molar-refractivity contribution in [2.75, 3.05) is 19.6 Å². The Labute approximate surface area is 190 Å². The van der Waals surface area contributed by atoms with Gasteiger partial charge in [-0.05, 0) is 44.0 Å². The van der Waals surface area contributed by atoms with Crippen molar-refractivity contribution in [2.24, 2.45) is 0 Å². The second-order valence-electron chi connectivity index (χ2n) is 8.14. The Morgan fingerprint density at radius 2 is 2.16 bits per heavy atom. The molecule has 4 aromatic rings. The number of pyridine rings is 1. The van der Waals surface area contributed by atoms with Crippen LogP contribution in [0.15, 0.2) is 47.2 Å². The number of amides is 1. The van der Waals surface area contributed by atoms with Crippen molar-refractivity contribution < 1.29 is 13.9 Å². The summed E-state index contributed by atoms with van der Waals surface area (Å²) in [6.07, 6.45) is 5.60. The smallest absolute Gasteiger partial charge is 0.281 e. The molecule has 0 spiro atoms. The minimum absolute atomic E-state index is 0.173. The summed E-state index contributed by atoms with van der Waals surface area (Å²) in [6, 6.07) is 10.2. The highest BCUT2D eigenvalue weighted by molar-refractivity contribution is 7.20. The van der Waals surface area contributed by atoms with Gasteiger partial charge in [-0.25, -0.2) is 4.98 Å². The molecule has 4 heterocycles. The number of thiazole rings is 1. The van der Waals surface area contributed by atoms with Crippen molar-refractivity contribution >= 4 is 38.6 Å². The van der Waals surface area contributed by atoms with Crippen LogP contribution in [0.5, 0.6) is 10.9 Å². The van der Waals surface area contributed by atoms with Gasteiger partial charge in [0.1, 0.15) is 11.3 Å². The molecule has 7 nitrogen and oxygen atoms in total. The maximum absolute atomic E-state index is 11.8. The number of benzene rings is 1. The van der Waals surface area contributed by atoms with Gasteiger partial charge >= 0.3 is 0 Å². The van der Waals surface area contributed by atoms with Crippen LogP contribution < -0.4 is 4.74 Å². The molecular formula is C24H26N4O3S. The summed E-state index contributed by atoms with van der Waals surface area (Å²) in [5.41, 5.74) is 2.68. The number of piperidine rings is 1. The molecule has 8 heteroatoms. The minimum Gasteiger partial charge on any atom is -0.464 e. The van der Waals surface area contributed by atoms with E-state index in [2.05, 4.69) is 27.9 Å². The summed E-state index contributed by atoms with van der Waals surface area (Å²) < 4.78 is 12.8. The predicted molar refractivity (Wildman–Crippen MR) is 125 cm³/mol. The zero-order chi connectivity index (χ0) is 22.1. The fourth-order valence-corrected chi connectivity index (χ4v) is 5.31. The number of carbonyl (C=O) groups is 1. The van der Waals surface area contributed by atoms with E-state index in [1.54, 1.807) is 13.1 Å². The van der Waals surface area contributed by atoms with E-state index in [4.69, 9.17) is 9.15 Å². The number of rotatable bonds is 6. The Morgan fingerprint density at radius 1 is 1.31 bits per heavy atom. The lowest BCUT2D eigenvalue weighted by Crippen LogP contribution is -2.46. The highest BCUT2D eigenvalue weighted by atomic mass is 32.1. The molecule has 166 valence electrons. The number of fused-ring (bicyclic) bond motifs is 2. The highest BCUT2D eigenvalue weighted by Crippen LogP contribution is 2.33. The lowest BCUT2D eigenvalue weighted by Gasteiger charge is -2.37. The number of nitrogens with zero attached hydrogens (tertiary/aromatic N) is 4. The molecule has 1 aliphatic rings. The Hall–Kier alpha value is -2.97. The number of hydrogen-bond donors (Lipinski definition) is 0. The van der Waals surface area contributed by atoms with E-state index < -0.39 is 0 Å². The van der Waals surface area contributed by atoms with Crippen molar-refractivity contribution in [2.45, 2.75) is 39.3 Å². The van der Waals surface area contributed by atoms with E-state index in [-0.39, 0.29) is 5.91 Å². The molecule has 3 aromatic heterocycles. The van der Waals surface area contributed by atoms with Gasteiger partial charge in [0, 0.05) is 62.4 Å². The summed E-state index contributed by atoms with van der Waals surface area (Å²) >= 11 is 1.47. The molecule has 32 heavy (non-hydrogen) atoms. The Balaban J connectivity index is 1.25. The van der Waals surface area contributed by atoms with Gasteiger partial charge in [0.25, 0.3) is 5.19 Å². The molecule has 1 aromatic carbocycles. The SMILES string of the molecule is CCN(C(C)=O)C1CCN(Cc2coc3cc(Oc4nc5ncccc5s4)ccc23)CC1. The molecule has 1 aliphatic heterocycles. The lowest BCUT2D eigenvalue weighted by molar-refractivity contribution is -0.131. The Morgan fingerprint density at radius 3 is 2.91 bits per heavy atom. The molecule has 0 aliphatic carbocycles. The van der Waals surface area contributed by atoms with Crippen LogP contribution in [0.3, 0.4) is 0 Å². The third kappa shape index (κ3) is 4.20. The maximum Gasteiger partial charge on any atom is 0.281 e. The molecule has 0 bridgehead atoms. The lowest BCUT2D eigenvalue weighted by atomic mass is 10.0.